The second kappa shape index (κ2) is 6.70. The van der Waals surface area contributed by atoms with E-state index in [-0.39, 0.29) is 17.2 Å². The van der Waals surface area contributed by atoms with Crippen molar-refractivity contribution in [1.82, 2.24) is 15.3 Å². The molecule has 0 bridgehead atoms. The van der Waals surface area contributed by atoms with E-state index in [1.54, 1.807) is 13.0 Å². The molecule has 0 spiro atoms. The highest BCUT2D eigenvalue weighted by Crippen LogP contribution is 2.42. The van der Waals surface area contributed by atoms with Gasteiger partial charge in [-0.2, -0.15) is 0 Å². The van der Waals surface area contributed by atoms with E-state index in [0.29, 0.717) is 11.3 Å². The molecule has 25 heavy (non-hydrogen) atoms. The SMILES string of the molecule is C[C@H](NC(=O)c1cc(OC(F)(F)F)cc(C2CC2)c1)c1cnccn1. The number of amides is 1. The van der Waals surface area contributed by atoms with E-state index in [9.17, 15) is 18.0 Å². The summed E-state index contributed by atoms with van der Waals surface area (Å²) in [4.78, 5) is 20.5. The molecule has 8 heteroatoms. The van der Waals surface area contributed by atoms with Crippen LogP contribution in [0.1, 0.15) is 53.3 Å². The van der Waals surface area contributed by atoms with Gasteiger partial charge in [0.2, 0.25) is 0 Å². The number of carbonyl (C=O) groups excluding carboxylic acids is 1. The zero-order chi connectivity index (χ0) is 18.0. The third-order valence-electron chi connectivity index (χ3n) is 3.85. The van der Waals surface area contributed by atoms with Crippen molar-refractivity contribution in [2.45, 2.75) is 38.1 Å². The number of hydrogen-bond acceptors (Lipinski definition) is 4. The van der Waals surface area contributed by atoms with Gasteiger partial charge in [-0.15, -0.1) is 13.2 Å². The lowest BCUT2D eigenvalue weighted by atomic mass is 10.1. The van der Waals surface area contributed by atoms with Crippen LogP contribution in [-0.4, -0.2) is 22.2 Å². The lowest BCUT2D eigenvalue weighted by Gasteiger charge is -2.15. The van der Waals surface area contributed by atoms with Crippen molar-refractivity contribution >= 4 is 5.91 Å². The highest BCUT2D eigenvalue weighted by atomic mass is 19.4. The first-order valence-corrected chi connectivity index (χ1v) is 7.79. The number of benzene rings is 1. The van der Waals surface area contributed by atoms with Gasteiger partial charge in [0.15, 0.2) is 0 Å². The van der Waals surface area contributed by atoms with Crippen molar-refractivity contribution < 1.29 is 22.7 Å². The highest BCUT2D eigenvalue weighted by molar-refractivity contribution is 5.95. The third-order valence-corrected chi connectivity index (χ3v) is 3.85. The number of nitrogens with zero attached hydrogens (tertiary/aromatic N) is 2. The molecule has 1 heterocycles. The Morgan fingerprint density at radius 2 is 2.04 bits per heavy atom. The van der Waals surface area contributed by atoms with Crippen LogP contribution >= 0.6 is 0 Å². The summed E-state index contributed by atoms with van der Waals surface area (Å²) in [6.45, 7) is 1.72. The summed E-state index contributed by atoms with van der Waals surface area (Å²) in [5, 5.41) is 2.71. The Bertz CT molecular complexity index is 761. The monoisotopic (exact) mass is 351 g/mol. The number of aromatic nitrogens is 2. The Hall–Kier alpha value is -2.64. The maximum atomic E-state index is 12.5. The van der Waals surface area contributed by atoms with Crippen LogP contribution in [0.5, 0.6) is 5.75 Å². The second-order valence-electron chi connectivity index (χ2n) is 5.94. The van der Waals surface area contributed by atoms with E-state index < -0.39 is 18.3 Å². The molecule has 0 aliphatic heterocycles. The van der Waals surface area contributed by atoms with Gasteiger partial charge in [-0.25, -0.2) is 0 Å². The molecule has 1 saturated carbocycles. The number of rotatable bonds is 5. The van der Waals surface area contributed by atoms with Crippen molar-refractivity contribution in [1.29, 1.82) is 0 Å². The molecule has 5 nitrogen and oxygen atoms in total. The molecule has 1 aliphatic rings. The summed E-state index contributed by atoms with van der Waals surface area (Å²) < 4.78 is 41.5. The minimum atomic E-state index is -4.80. The number of nitrogens with one attached hydrogen (secondary N) is 1. The minimum absolute atomic E-state index is 0.124. The average Bonchev–Trinajstić information content (AvgIpc) is 3.38. The van der Waals surface area contributed by atoms with Gasteiger partial charge in [0.1, 0.15) is 5.75 Å². The third kappa shape index (κ3) is 4.68. The summed E-state index contributed by atoms with van der Waals surface area (Å²) >= 11 is 0. The number of halogens is 3. The van der Waals surface area contributed by atoms with Crippen molar-refractivity contribution in [2.75, 3.05) is 0 Å². The van der Waals surface area contributed by atoms with Gasteiger partial charge < -0.3 is 10.1 Å². The molecule has 2 aromatic rings. The molecule has 1 atom stereocenters. The Balaban J connectivity index is 1.81. The van der Waals surface area contributed by atoms with Gasteiger partial charge in [-0.1, -0.05) is 0 Å². The second-order valence-corrected chi connectivity index (χ2v) is 5.94. The molecule has 1 amide bonds. The summed E-state index contributed by atoms with van der Waals surface area (Å²) in [5.41, 5.74) is 1.36. The number of alkyl halides is 3. The normalized spacial score (nSPS) is 15.5. The molecular weight excluding hydrogens is 335 g/mol. The van der Waals surface area contributed by atoms with E-state index in [1.165, 1.54) is 24.7 Å². The Labute approximate surface area is 142 Å². The van der Waals surface area contributed by atoms with Crippen molar-refractivity contribution in [3.8, 4) is 5.75 Å². The first-order valence-electron chi connectivity index (χ1n) is 7.79. The molecule has 1 fully saturated rings. The van der Waals surface area contributed by atoms with Gasteiger partial charge in [-0.05, 0) is 49.4 Å². The van der Waals surface area contributed by atoms with Crippen molar-refractivity contribution in [3.05, 3.63) is 53.6 Å². The van der Waals surface area contributed by atoms with Crippen LogP contribution in [-0.2, 0) is 0 Å². The van der Waals surface area contributed by atoms with E-state index in [0.717, 1.165) is 18.9 Å². The molecule has 1 aromatic carbocycles. The largest absolute Gasteiger partial charge is 0.573 e. The van der Waals surface area contributed by atoms with Crippen molar-refractivity contribution in [3.63, 3.8) is 0 Å². The van der Waals surface area contributed by atoms with Crippen LogP contribution in [0.25, 0.3) is 0 Å². The minimum Gasteiger partial charge on any atom is -0.406 e. The maximum Gasteiger partial charge on any atom is 0.573 e. The van der Waals surface area contributed by atoms with E-state index in [4.69, 9.17) is 0 Å². The van der Waals surface area contributed by atoms with Gasteiger partial charge >= 0.3 is 6.36 Å². The molecular formula is C17H16F3N3O2. The summed E-state index contributed by atoms with van der Waals surface area (Å²) in [6.07, 6.45) is 1.52. The summed E-state index contributed by atoms with van der Waals surface area (Å²) in [7, 11) is 0. The van der Waals surface area contributed by atoms with E-state index in [1.807, 2.05) is 0 Å². The van der Waals surface area contributed by atoms with Crippen LogP contribution in [0.4, 0.5) is 13.2 Å². The predicted octanol–water partition coefficient (Wildman–Crippen LogP) is 3.74. The molecule has 3 rings (SSSR count). The fourth-order valence-electron chi connectivity index (χ4n) is 2.49. The number of ether oxygens (including phenoxy) is 1. The molecule has 1 aliphatic carbocycles. The molecule has 0 unspecified atom stereocenters. The molecule has 0 radical (unpaired) electrons. The molecule has 132 valence electrons. The lowest BCUT2D eigenvalue weighted by Crippen LogP contribution is -2.27. The predicted molar refractivity (Wildman–Crippen MR) is 83.0 cm³/mol. The maximum absolute atomic E-state index is 12.5. The van der Waals surface area contributed by atoms with Gasteiger partial charge in [0, 0.05) is 18.0 Å². The van der Waals surface area contributed by atoms with Gasteiger partial charge in [0.05, 0.1) is 17.9 Å². The fraction of sp³-hybridized carbons (Fsp3) is 0.353. The van der Waals surface area contributed by atoms with Crippen molar-refractivity contribution in [2.24, 2.45) is 0 Å². The molecule has 0 saturated heterocycles. The standard InChI is InChI=1S/C17H16F3N3O2/c1-10(15-9-21-4-5-22-15)23-16(24)13-6-12(11-2-3-11)7-14(8-13)25-17(18,19)20/h4-11H,2-3H2,1H3,(H,23,24)/t10-/m0/s1. The zero-order valence-electron chi connectivity index (χ0n) is 13.4. The fourth-order valence-corrected chi connectivity index (χ4v) is 2.49. The smallest absolute Gasteiger partial charge is 0.406 e. The van der Waals surface area contributed by atoms with Crippen LogP contribution in [0.2, 0.25) is 0 Å². The summed E-state index contributed by atoms with van der Waals surface area (Å²) in [5.74, 6) is -0.692. The van der Waals surface area contributed by atoms with Gasteiger partial charge in [-0.3, -0.25) is 14.8 Å². The molecule has 1 aromatic heterocycles. The van der Waals surface area contributed by atoms with Crippen LogP contribution in [0.3, 0.4) is 0 Å². The zero-order valence-corrected chi connectivity index (χ0v) is 13.4. The number of hydrogen-bond donors (Lipinski definition) is 1. The first-order chi connectivity index (χ1) is 11.8. The first kappa shape index (κ1) is 17.2. The summed E-state index contributed by atoms with van der Waals surface area (Å²) in [6, 6.07) is 3.61. The van der Waals surface area contributed by atoms with Crippen LogP contribution in [0, 0.1) is 0 Å². The van der Waals surface area contributed by atoms with Crippen LogP contribution in [0.15, 0.2) is 36.8 Å². The molecule has 1 N–H and O–H groups in total. The van der Waals surface area contributed by atoms with E-state index >= 15 is 0 Å². The highest BCUT2D eigenvalue weighted by Gasteiger charge is 2.33. The Morgan fingerprint density at radius 3 is 2.64 bits per heavy atom. The lowest BCUT2D eigenvalue weighted by molar-refractivity contribution is -0.274. The number of carbonyl (C=O) groups is 1. The Morgan fingerprint density at radius 1 is 1.28 bits per heavy atom. The Kier molecular flexibility index (Phi) is 4.61. The quantitative estimate of drug-likeness (QED) is 0.891. The van der Waals surface area contributed by atoms with Crippen LogP contribution < -0.4 is 10.1 Å². The topological polar surface area (TPSA) is 64.1 Å². The average molecular weight is 351 g/mol. The van der Waals surface area contributed by atoms with Gasteiger partial charge in [0.25, 0.3) is 5.91 Å². The van der Waals surface area contributed by atoms with E-state index in [2.05, 4.69) is 20.0 Å².